The summed E-state index contributed by atoms with van der Waals surface area (Å²) >= 11 is 0. The molecule has 1 aromatic rings. The van der Waals surface area contributed by atoms with Crippen molar-refractivity contribution in [3.8, 4) is 0 Å². The van der Waals surface area contributed by atoms with E-state index in [0.717, 1.165) is 19.3 Å². The molecule has 0 bridgehead atoms. The summed E-state index contributed by atoms with van der Waals surface area (Å²) in [5.41, 5.74) is 0. The van der Waals surface area contributed by atoms with Gasteiger partial charge in [0.1, 0.15) is 6.33 Å². The first-order valence-electron chi connectivity index (χ1n) is 5.64. The Bertz CT molecular complexity index is 378. The predicted octanol–water partition coefficient (Wildman–Crippen LogP) is 0.198. The summed E-state index contributed by atoms with van der Waals surface area (Å²) < 4.78 is 5.66. The molecular formula is C10H14N4O2. The zero-order valence-electron chi connectivity index (χ0n) is 8.93. The van der Waals surface area contributed by atoms with Crippen LogP contribution >= 0.6 is 0 Å². The number of amides is 1. The molecule has 2 heterocycles. The van der Waals surface area contributed by atoms with Crippen molar-refractivity contribution in [2.45, 2.75) is 31.4 Å². The lowest BCUT2D eigenvalue weighted by Gasteiger charge is -2.37. The van der Waals surface area contributed by atoms with Crippen LogP contribution in [0, 0.1) is 0 Å². The Hall–Kier alpha value is -1.43. The Labute approximate surface area is 93.0 Å². The summed E-state index contributed by atoms with van der Waals surface area (Å²) in [6, 6.07) is 0.228. The Morgan fingerprint density at radius 3 is 3.31 bits per heavy atom. The number of fused-ring (bicyclic) bond motifs is 1. The fourth-order valence-electron chi connectivity index (χ4n) is 2.62. The number of hydrogen-bond acceptors (Lipinski definition) is 4. The molecule has 1 aromatic heterocycles. The van der Waals surface area contributed by atoms with Crippen LogP contribution in [0.3, 0.4) is 0 Å². The number of carbonyl (C=O) groups excluding carboxylic acids is 1. The number of carbonyl (C=O) groups is 1. The lowest BCUT2D eigenvalue weighted by molar-refractivity contribution is -0.0449. The van der Waals surface area contributed by atoms with E-state index in [1.54, 1.807) is 0 Å². The predicted molar refractivity (Wildman–Crippen MR) is 54.8 cm³/mol. The molecule has 0 spiro atoms. The topological polar surface area (TPSA) is 71.1 Å². The van der Waals surface area contributed by atoms with Crippen LogP contribution in [-0.2, 0) is 4.74 Å². The van der Waals surface area contributed by atoms with Gasteiger partial charge < -0.3 is 9.64 Å². The van der Waals surface area contributed by atoms with Crippen LogP contribution < -0.4 is 0 Å². The highest BCUT2D eigenvalue weighted by Gasteiger charge is 2.39. The molecule has 2 fully saturated rings. The highest BCUT2D eigenvalue weighted by atomic mass is 16.5. The number of aromatic nitrogens is 3. The quantitative estimate of drug-likeness (QED) is 0.736. The number of rotatable bonds is 1. The van der Waals surface area contributed by atoms with Crippen molar-refractivity contribution in [2.75, 3.05) is 13.2 Å². The van der Waals surface area contributed by atoms with Gasteiger partial charge in [0.05, 0.1) is 18.8 Å². The molecule has 2 atom stereocenters. The van der Waals surface area contributed by atoms with Gasteiger partial charge in [-0.3, -0.25) is 9.89 Å². The second kappa shape index (κ2) is 3.86. The maximum absolute atomic E-state index is 12.1. The van der Waals surface area contributed by atoms with Crippen LogP contribution in [0.25, 0.3) is 0 Å². The summed E-state index contributed by atoms with van der Waals surface area (Å²) in [6.07, 6.45) is 4.81. The molecule has 0 aromatic carbocycles. The lowest BCUT2D eigenvalue weighted by atomic mass is 10.1. The molecule has 3 rings (SSSR count). The summed E-state index contributed by atoms with van der Waals surface area (Å²) in [7, 11) is 0. The number of H-pyrrole nitrogens is 1. The van der Waals surface area contributed by atoms with E-state index in [4.69, 9.17) is 4.74 Å². The van der Waals surface area contributed by atoms with Crippen molar-refractivity contribution in [2.24, 2.45) is 0 Å². The Balaban J connectivity index is 1.80. The summed E-state index contributed by atoms with van der Waals surface area (Å²) in [5, 5.41) is 6.33. The molecule has 1 N–H and O–H groups in total. The standard InChI is InChI=1S/C10H14N4O2/c15-10(9-11-6-12-13-9)14-4-5-16-8-3-1-2-7(8)14/h6-8H,1-5H2,(H,11,12,13). The number of hydrogen-bond donors (Lipinski definition) is 1. The van der Waals surface area contributed by atoms with E-state index >= 15 is 0 Å². The van der Waals surface area contributed by atoms with Gasteiger partial charge in [-0.15, -0.1) is 0 Å². The van der Waals surface area contributed by atoms with Crippen molar-refractivity contribution in [1.82, 2.24) is 20.1 Å². The highest BCUT2D eigenvalue weighted by Crippen LogP contribution is 2.30. The Morgan fingerprint density at radius 1 is 1.56 bits per heavy atom. The third kappa shape index (κ3) is 1.49. The fourth-order valence-corrected chi connectivity index (χ4v) is 2.62. The monoisotopic (exact) mass is 222 g/mol. The molecule has 6 nitrogen and oxygen atoms in total. The molecular weight excluding hydrogens is 208 g/mol. The average molecular weight is 222 g/mol. The van der Waals surface area contributed by atoms with Gasteiger partial charge >= 0.3 is 0 Å². The van der Waals surface area contributed by atoms with Gasteiger partial charge in [-0.25, -0.2) is 4.98 Å². The van der Waals surface area contributed by atoms with E-state index in [0.29, 0.717) is 19.0 Å². The average Bonchev–Trinajstić information content (AvgIpc) is 2.98. The molecule has 0 radical (unpaired) electrons. The maximum Gasteiger partial charge on any atom is 0.291 e. The van der Waals surface area contributed by atoms with Crippen LogP contribution in [0.15, 0.2) is 6.33 Å². The molecule has 1 amide bonds. The summed E-state index contributed by atoms with van der Waals surface area (Å²) in [4.78, 5) is 17.9. The number of aromatic amines is 1. The Kier molecular flexibility index (Phi) is 2.36. The van der Waals surface area contributed by atoms with Crippen molar-refractivity contribution in [3.05, 3.63) is 12.2 Å². The lowest BCUT2D eigenvalue weighted by Crippen LogP contribution is -2.51. The first-order chi connectivity index (χ1) is 7.86. The molecule has 1 saturated heterocycles. The van der Waals surface area contributed by atoms with E-state index < -0.39 is 0 Å². The minimum Gasteiger partial charge on any atom is -0.374 e. The highest BCUT2D eigenvalue weighted by molar-refractivity contribution is 5.90. The second-order valence-electron chi connectivity index (χ2n) is 4.24. The molecule has 1 aliphatic heterocycles. The smallest absolute Gasteiger partial charge is 0.291 e. The first-order valence-corrected chi connectivity index (χ1v) is 5.64. The van der Waals surface area contributed by atoms with Crippen LogP contribution in [0.4, 0.5) is 0 Å². The van der Waals surface area contributed by atoms with Crippen molar-refractivity contribution in [3.63, 3.8) is 0 Å². The van der Waals surface area contributed by atoms with Crippen LogP contribution in [0.2, 0.25) is 0 Å². The van der Waals surface area contributed by atoms with E-state index in [1.165, 1.54) is 6.33 Å². The first kappa shape index (κ1) is 9.77. The van der Waals surface area contributed by atoms with Gasteiger partial charge in [-0.2, -0.15) is 5.10 Å². The zero-order valence-corrected chi connectivity index (χ0v) is 8.93. The van der Waals surface area contributed by atoms with E-state index in [1.807, 2.05) is 4.90 Å². The maximum atomic E-state index is 12.1. The van der Waals surface area contributed by atoms with E-state index in [9.17, 15) is 4.79 Å². The Morgan fingerprint density at radius 2 is 2.50 bits per heavy atom. The minimum atomic E-state index is -0.0577. The van der Waals surface area contributed by atoms with Gasteiger partial charge in [0.2, 0.25) is 5.82 Å². The summed E-state index contributed by atoms with van der Waals surface area (Å²) in [5.74, 6) is 0.269. The van der Waals surface area contributed by atoms with Gasteiger partial charge in [0.15, 0.2) is 0 Å². The molecule has 6 heteroatoms. The van der Waals surface area contributed by atoms with Crippen molar-refractivity contribution < 1.29 is 9.53 Å². The molecule has 16 heavy (non-hydrogen) atoms. The summed E-state index contributed by atoms with van der Waals surface area (Å²) in [6.45, 7) is 1.28. The zero-order chi connectivity index (χ0) is 11.0. The molecule has 2 unspecified atom stereocenters. The normalized spacial score (nSPS) is 29.1. The van der Waals surface area contributed by atoms with Gasteiger partial charge in [0, 0.05) is 6.54 Å². The minimum absolute atomic E-state index is 0.0577. The van der Waals surface area contributed by atoms with E-state index in [-0.39, 0.29) is 18.1 Å². The van der Waals surface area contributed by atoms with Gasteiger partial charge in [0.25, 0.3) is 5.91 Å². The number of morpholine rings is 1. The third-order valence-electron chi connectivity index (χ3n) is 3.36. The van der Waals surface area contributed by atoms with E-state index in [2.05, 4.69) is 15.2 Å². The van der Waals surface area contributed by atoms with Gasteiger partial charge in [-0.05, 0) is 19.3 Å². The number of nitrogens with zero attached hydrogens (tertiary/aromatic N) is 3. The van der Waals surface area contributed by atoms with Crippen LogP contribution in [0.1, 0.15) is 29.9 Å². The fraction of sp³-hybridized carbons (Fsp3) is 0.700. The molecule has 1 saturated carbocycles. The molecule has 86 valence electrons. The van der Waals surface area contributed by atoms with Crippen molar-refractivity contribution >= 4 is 5.91 Å². The second-order valence-corrected chi connectivity index (χ2v) is 4.24. The van der Waals surface area contributed by atoms with Gasteiger partial charge in [-0.1, -0.05) is 0 Å². The largest absolute Gasteiger partial charge is 0.374 e. The third-order valence-corrected chi connectivity index (χ3v) is 3.36. The molecule has 2 aliphatic rings. The van der Waals surface area contributed by atoms with Crippen LogP contribution in [0.5, 0.6) is 0 Å². The number of ether oxygens (including phenoxy) is 1. The SMILES string of the molecule is O=C(c1ncn[nH]1)N1CCOC2CCCC21. The van der Waals surface area contributed by atoms with Crippen molar-refractivity contribution in [1.29, 1.82) is 0 Å². The number of nitrogens with one attached hydrogen (secondary N) is 1. The molecule has 1 aliphatic carbocycles. The van der Waals surface area contributed by atoms with Crippen LogP contribution in [-0.4, -0.2) is 51.3 Å².